The number of aromatic nitrogens is 3. The molecule has 0 bridgehead atoms. The number of hydrogen-bond acceptors (Lipinski definition) is 4. The highest BCUT2D eigenvalue weighted by atomic mass is 19.1. The SMILES string of the molecule is Cn1cnc2c(C(=O)N3CC(F)CC3CO)ccnc21. The van der Waals surface area contributed by atoms with E-state index in [4.69, 9.17) is 0 Å². The van der Waals surface area contributed by atoms with Crippen LogP contribution in [0.25, 0.3) is 11.2 Å². The molecule has 3 heterocycles. The molecule has 3 rings (SSSR count). The normalized spacial score (nSPS) is 22.6. The first-order valence-corrected chi connectivity index (χ1v) is 6.43. The van der Waals surface area contributed by atoms with Gasteiger partial charge >= 0.3 is 0 Å². The van der Waals surface area contributed by atoms with Gasteiger partial charge in [0, 0.05) is 19.7 Å². The number of nitrogens with zero attached hydrogens (tertiary/aromatic N) is 4. The number of aliphatic hydroxyl groups excluding tert-OH is 1. The van der Waals surface area contributed by atoms with Crippen molar-refractivity contribution in [1.82, 2.24) is 19.4 Å². The summed E-state index contributed by atoms with van der Waals surface area (Å²) in [5.74, 6) is -0.310. The van der Waals surface area contributed by atoms with Crippen LogP contribution in [0.3, 0.4) is 0 Å². The average Bonchev–Trinajstić information content (AvgIpc) is 3.01. The number of aliphatic hydroxyl groups is 1. The van der Waals surface area contributed by atoms with Crippen molar-refractivity contribution in [3.63, 3.8) is 0 Å². The molecular formula is C13H15FN4O2. The number of imidazole rings is 1. The molecule has 106 valence electrons. The summed E-state index contributed by atoms with van der Waals surface area (Å²) in [4.78, 5) is 22.3. The number of pyridine rings is 1. The van der Waals surface area contributed by atoms with Gasteiger partial charge in [-0.2, -0.15) is 0 Å². The number of carbonyl (C=O) groups excluding carboxylic acids is 1. The zero-order valence-electron chi connectivity index (χ0n) is 11.0. The van der Waals surface area contributed by atoms with Gasteiger partial charge in [0.1, 0.15) is 11.7 Å². The minimum atomic E-state index is -1.09. The van der Waals surface area contributed by atoms with Crippen molar-refractivity contribution in [2.24, 2.45) is 7.05 Å². The first-order valence-electron chi connectivity index (χ1n) is 6.43. The molecule has 0 aromatic carbocycles. The predicted molar refractivity (Wildman–Crippen MR) is 69.9 cm³/mol. The van der Waals surface area contributed by atoms with Gasteiger partial charge < -0.3 is 14.6 Å². The Balaban J connectivity index is 2.00. The summed E-state index contributed by atoms with van der Waals surface area (Å²) in [6, 6.07) is 1.11. The van der Waals surface area contributed by atoms with E-state index in [9.17, 15) is 14.3 Å². The first-order chi connectivity index (χ1) is 9.61. The lowest BCUT2D eigenvalue weighted by molar-refractivity contribution is 0.0674. The Labute approximate surface area is 114 Å². The van der Waals surface area contributed by atoms with E-state index in [0.29, 0.717) is 16.7 Å². The Hall–Kier alpha value is -2.02. The smallest absolute Gasteiger partial charge is 0.256 e. The molecule has 6 nitrogen and oxygen atoms in total. The van der Waals surface area contributed by atoms with Crippen LogP contribution >= 0.6 is 0 Å². The number of alkyl halides is 1. The zero-order valence-corrected chi connectivity index (χ0v) is 11.0. The van der Waals surface area contributed by atoms with E-state index in [1.807, 2.05) is 0 Å². The Morgan fingerprint density at radius 3 is 3.10 bits per heavy atom. The van der Waals surface area contributed by atoms with Crippen LogP contribution in [0.1, 0.15) is 16.8 Å². The Morgan fingerprint density at radius 1 is 1.55 bits per heavy atom. The maximum Gasteiger partial charge on any atom is 0.256 e. The molecule has 1 aliphatic heterocycles. The maximum absolute atomic E-state index is 13.5. The number of fused-ring (bicyclic) bond motifs is 1. The molecule has 2 aromatic heterocycles. The molecular weight excluding hydrogens is 263 g/mol. The molecule has 0 radical (unpaired) electrons. The van der Waals surface area contributed by atoms with Gasteiger partial charge in [-0.3, -0.25) is 4.79 Å². The van der Waals surface area contributed by atoms with Crippen molar-refractivity contribution in [3.8, 4) is 0 Å². The third-order valence-corrected chi connectivity index (χ3v) is 3.66. The largest absolute Gasteiger partial charge is 0.394 e. The van der Waals surface area contributed by atoms with E-state index in [1.165, 1.54) is 11.1 Å². The summed E-state index contributed by atoms with van der Waals surface area (Å²) in [5, 5.41) is 9.27. The van der Waals surface area contributed by atoms with Crippen LogP contribution < -0.4 is 0 Å². The van der Waals surface area contributed by atoms with E-state index in [-0.39, 0.29) is 25.5 Å². The lowest BCUT2D eigenvalue weighted by Crippen LogP contribution is -2.38. The van der Waals surface area contributed by atoms with E-state index < -0.39 is 12.2 Å². The molecule has 7 heteroatoms. The summed E-state index contributed by atoms with van der Waals surface area (Å²) in [7, 11) is 1.79. The molecule has 1 saturated heterocycles. The van der Waals surface area contributed by atoms with Crippen molar-refractivity contribution < 1.29 is 14.3 Å². The van der Waals surface area contributed by atoms with Crippen molar-refractivity contribution >= 4 is 17.1 Å². The topological polar surface area (TPSA) is 71.2 Å². The zero-order chi connectivity index (χ0) is 14.3. The molecule has 1 fully saturated rings. The third-order valence-electron chi connectivity index (χ3n) is 3.66. The number of rotatable bonds is 2. The fraction of sp³-hybridized carbons (Fsp3) is 0.462. The van der Waals surface area contributed by atoms with Gasteiger partial charge in [-0.1, -0.05) is 0 Å². The van der Waals surface area contributed by atoms with Crippen LogP contribution in [0.15, 0.2) is 18.6 Å². The highest BCUT2D eigenvalue weighted by molar-refractivity contribution is 6.04. The number of halogens is 1. The van der Waals surface area contributed by atoms with Crippen LogP contribution in [0, 0.1) is 0 Å². The van der Waals surface area contributed by atoms with E-state index >= 15 is 0 Å². The molecule has 1 aliphatic rings. The quantitative estimate of drug-likeness (QED) is 0.869. The molecule has 20 heavy (non-hydrogen) atoms. The molecule has 0 saturated carbocycles. The molecule has 1 N–H and O–H groups in total. The van der Waals surface area contributed by atoms with Crippen molar-refractivity contribution in [2.45, 2.75) is 18.6 Å². The van der Waals surface area contributed by atoms with Crippen LogP contribution in [-0.4, -0.2) is 55.8 Å². The molecule has 2 aromatic rings. The highest BCUT2D eigenvalue weighted by Crippen LogP contribution is 2.24. The second-order valence-corrected chi connectivity index (χ2v) is 5.01. The molecule has 1 amide bonds. The van der Waals surface area contributed by atoms with Crippen LogP contribution in [0.2, 0.25) is 0 Å². The number of hydrogen-bond donors (Lipinski definition) is 1. The van der Waals surface area contributed by atoms with Gasteiger partial charge in [-0.05, 0) is 6.07 Å². The summed E-state index contributed by atoms with van der Waals surface area (Å²) >= 11 is 0. The summed E-state index contributed by atoms with van der Waals surface area (Å²) < 4.78 is 15.2. The minimum absolute atomic E-state index is 0.0146. The van der Waals surface area contributed by atoms with Gasteiger partial charge in [0.05, 0.1) is 31.1 Å². The van der Waals surface area contributed by atoms with Gasteiger partial charge in [0.2, 0.25) is 0 Å². The summed E-state index contributed by atoms with van der Waals surface area (Å²) in [6.07, 6.45) is 2.21. The Kier molecular flexibility index (Phi) is 3.13. The number of aryl methyl sites for hydroxylation is 1. The molecule has 0 spiro atoms. The Morgan fingerprint density at radius 2 is 2.35 bits per heavy atom. The highest BCUT2D eigenvalue weighted by Gasteiger charge is 2.36. The number of carbonyl (C=O) groups is 1. The minimum Gasteiger partial charge on any atom is -0.394 e. The average molecular weight is 278 g/mol. The second-order valence-electron chi connectivity index (χ2n) is 5.01. The lowest BCUT2D eigenvalue weighted by atomic mass is 10.2. The van der Waals surface area contributed by atoms with Crippen molar-refractivity contribution in [1.29, 1.82) is 0 Å². The van der Waals surface area contributed by atoms with Crippen LogP contribution in [0.4, 0.5) is 4.39 Å². The van der Waals surface area contributed by atoms with E-state index in [1.54, 1.807) is 24.0 Å². The standard InChI is InChI=1S/C13H15FN4O2/c1-17-7-16-11-10(2-3-15-12(11)17)13(20)18-5-8(14)4-9(18)6-19/h2-3,7-9,19H,4-6H2,1H3. The molecule has 0 aliphatic carbocycles. The monoisotopic (exact) mass is 278 g/mol. The van der Waals surface area contributed by atoms with E-state index in [2.05, 4.69) is 9.97 Å². The van der Waals surface area contributed by atoms with E-state index in [0.717, 1.165) is 0 Å². The predicted octanol–water partition coefficient (Wildman–Crippen LogP) is 0.513. The van der Waals surface area contributed by atoms with Crippen LogP contribution in [-0.2, 0) is 7.05 Å². The van der Waals surface area contributed by atoms with Gasteiger partial charge in [-0.15, -0.1) is 0 Å². The maximum atomic E-state index is 13.5. The van der Waals surface area contributed by atoms with Gasteiger partial charge in [0.25, 0.3) is 5.91 Å². The van der Waals surface area contributed by atoms with Gasteiger partial charge in [0.15, 0.2) is 5.65 Å². The summed E-state index contributed by atoms with van der Waals surface area (Å²) in [5.41, 5.74) is 1.49. The third kappa shape index (κ3) is 1.94. The second kappa shape index (κ2) is 4.82. The Bertz CT molecular complexity index is 657. The fourth-order valence-electron chi connectivity index (χ4n) is 2.64. The summed E-state index contributed by atoms with van der Waals surface area (Å²) in [6.45, 7) is -0.219. The molecule has 2 atom stereocenters. The number of likely N-dealkylation sites (tertiary alicyclic amines) is 1. The lowest BCUT2D eigenvalue weighted by Gasteiger charge is -2.22. The van der Waals surface area contributed by atoms with Crippen LogP contribution in [0.5, 0.6) is 0 Å². The van der Waals surface area contributed by atoms with Crippen molar-refractivity contribution in [3.05, 3.63) is 24.2 Å². The van der Waals surface area contributed by atoms with Gasteiger partial charge in [-0.25, -0.2) is 14.4 Å². The fourth-order valence-corrected chi connectivity index (χ4v) is 2.64. The van der Waals surface area contributed by atoms with Crippen molar-refractivity contribution in [2.75, 3.05) is 13.2 Å². The first kappa shape index (κ1) is 13.0. The molecule has 2 unspecified atom stereocenters. The number of amides is 1.